The number of carbonyl (C=O) groups excluding carboxylic acids is 4. The summed E-state index contributed by atoms with van der Waals surface area (Å²) in [6.45, 7) is 0.770. The van der Waals surface area contributed by atoms with Gasteiger partial charge in [0.2, 0.25) is 5.91 Å². The highest BCUT2D eigenvalue weighted by atomic mass is 16.5. The maximum absolute atomic E-state index is 11.8. The van der Waals surface area contributed by atoms with E-state index in [4.69, 9.17) is 4.74 Å². The third-order valence-electron chi connectivity index (χ3n) is 2.79. The standard InChI is InChI=1S/C15H19N3O5/c1-10(19)17-12(11-6-4-3-5-7-11)8-14(21)23-9-13(20)18-15(22)16-2/h3-7,12H,8-9H2,1-2H3,(H,17,19)(H2,16,18,20,22)/t12-/m0/s1. The van der Waals surface area contributed by atoms with Crippen LogP contribution >= 0.6 is 0 Å². The molecule has 0 saturated heterocycles. The van der Waals surface area contributed by atoms with Crippen LogP contribution in [-0.4, -0.2) is 37.5 Å². The van der Waals surface area contributed by atoms with Crippen LogP contribution in [0.3, 0.4) is 0 Å². The molecule has 4 amide bonds. The molecule has 0 aliphatic carbocycles. The molecule has 0 bridgehead atoms. The summed E-state index contributed by atoms with van der Waals surface area (Å²) in [6, 6.07) is 7.68. The van der Waals surface area contributed by atoms with Crippen LogP contribution in [0.2, 0.25) is 0 Å². The van der Waals surface area contributed by atoms with Gasteiger partial charge < -0.3 is 15.4 Å². The topological polar surface area (TPSA) is 114 Å². The predicted octanol–water partition coefficient (Wildman–Crippen LogP) is 0.253. The van der Waals surface area contributed by atoms with E-state index in [1.807, 2.05) is 11.4 Å². The SMILES string of the molecule is CNC(=O)NC(=O)COC(=O)C[C@H](NC(C)=O)c1ccccc1. The first-order valence-electron chi connectivity index (χ1n) is 6.91. The fourth-order valence-electron chi connectivity index (χ4n) is 1.78. The second kappa shape index (κ2) is 9.19. The zero-order chi connectivity index (χ0) is 17.2. The zero-order valence-corrected chi connectivity index (χ0v) is 12.9. The van der Waals surface area contributed by atoms with Crippen molar-refractivity contribution in [3.8, 4) is 0 Å². The van der Waals surface area contributed by atoms with Crippen molar-refractivity contribution in [1.82, 2.24) is 16.0 Å². The molecular formula is C15H19N3O5. The Morgan fingerprint density at radius 3 is 2.35 bits per heavy atom. The molecule has 0 saturated carbocycles. The molecule has 1 aromatic rings. The van der Waals surface area contributed by atoms with Crippen LogP contribution in [0.1, 0.15) is 24.9 Å². The number of ether oxygens (including phenoxy) is 1. The first-order valence-corrected chi connectivity index (χ1v) is 6.91. The van der Waals surface area contributed by atoms with E-state index in [1.54, 1.807) is 24.3 Å². The molecule has 1 aromatic carbocycles. The zero-order valence-electron chi connectivity index (χ0n) is 12.9. The first-order chi connectivity index (χ1) is 10.9. The third kappa shape index (κ3) is 7.07. The maximum Gasteiger partial charge on any atom is 0.321 e. The fraction of sp³-hybridized carbons (Fsp3) is 0.333. The van der Waals surface area contributed by atoms with Crippen molar-refractivity contribution in [2.24, 2.45) is 0 Å². The predicted molar refractivity (Wildman–Crippen MR) is 81.2 cm³/mol. The first kappa shape index (κ1) is 18.1. The number of amides is 4. The Hall–Kier alpha value is -2.90. The van der Waals surface area contributed by atoms with Gasteiger partial charge in [0.05, 0.1) is 12.5 Å². The van der Waals surface area contributed by atoms with Gasteiger partial charge in [-0.15, -0.1) is 0 Å². The van der Waals surface area contributed by atoms with E-state index in [-0.39, 0.29) is 12.3 Å². The van der Waals surface area contributed by atoms with Gasteiger partial charge in [-0.1, -0.05) is 30.3 Å². The van der Waals surface area contributed by atoms with Gasteiger partial charge in [-0.05, 0) is 5.56 Å². The molecule has 0 unspecified atom stereocenters. The van der Waals surface area contributed by atoms with Crippen molar-refractivity contribution in [2.45, 2.75) is 19.4 Å². The third-order valence-corrected chi connectivity index (χ3v) is 2.79. The van der Waals surface area contributed by atoms with Crippen molar-refractivity contribution in [3.05, 3.63) is 35.9 Å². The molecule has 23 heavy (non-hydrogen) atoms. The molecule has 0 aromatic heterocycles. The summed E-state index contributed by atoms with van der Waals surface area (Å²) in [6.07, 6.45) is -0.128. The van der Waals surface area contributed by atoms with Crippen LogP contribution < -0.4 is 16.0 Å². The van der Waals surface area contributed by atoms with Gasteiger partial charge in [-0.3, -0.25) is 19.7 Å². The Morgan fingerprint density at radius 1 is 1.13 bits per heavy atom. The Balaban J connectivity index is 2.55. The summed E-state index contributed by atoms with van der Waals surface area (Å²) in [5, 5.41) is 6.82. The van der Waals surface area contributed by atoms with Crippen LogP contribution in [0, 0.1) is 0 Å². The summed E-state index contributed by atoms with van der Waals surface area (Å²) >= 11 is 0. The monoisotopic (exact) mass is 321 g/mol. The van der Waals surface area contributed by atoms with Crippen LogP contribution in [0.5, 0.6) is 0 Å². The van der Waals surface area contributed by atoms with Crippen LogP contribution in [0.4, 0.5) is 4.79 Å². The molecule has 0 heterocycles. The molecule has 1 rings (SSSR count). The van der Waals surface area contributed by atoms with Crippen molar-refractivity contribution in [2.75, 3.05) is 13.7 Å². The molecule has 124 valence electrons. The number of nitrogens with one attached hydrogen (secondary N) is 3. The summed E-state index contributed by atoms with van der Waals surface area (Å²) in [5.41, 5.74) is 0.745. The van der Waals surface area contributed by atoms with Crippen LogP contribution in [-0.2, 0) is 19.1 Å². The largest absolute Gasteiger partial charge is 0.455 e. The quantitative estimate of drug-likeness (QED) is 0.650. The number of carbonyl (C=O) groups is 4. The maximum atomic E-state index is 11.8. The fourth-order valence-corrected chi connectivity index (χ4v) is 1.78. The molecule has 1 atom stereocenters. The highest BCUT2D eigenvalue weighted by molar-refractivity contribution is 5.95. The number of hydrogen-bond donors (Lipinski definition) is 3. The second-order valence-electron chi connectivity index (χ2n) is 4.66. The van der Waals surface area contributed by atoms with Crippen LogP contribution in [0.25, 0.3) is 0 Å². The van der Waals surface area contributed by atoms with E-state index in [9.17, 15) is 19.2 Å². The van der Waals surface area contributed by atoms with Crippen molar-refractivity contribution in [1.29, 1.82) is 0 Å². The van der Waals surface area contributed by atoms with Gasteiger partial charge in [0.15, 0.2) is 6.61 Å². The molecule has 8 heteroatoms. The van der Waals surface area contributed by atoms with E-state index < -0.39 is 30.6 Å². The Bertz CT molecular complexity index is 574. The lowest BCUT2D eigenvalue weighted by Gasteiger charge is -2.17. The van der Waals surface area contributed by atoms with Gasteiger partial charge in [0, 0.05) is 14.0 Å². The number of rotatable bonds is 6. The molecule has 0 aliphatic heterocycles. The molecule has 0 aliphatic rings. The molecular weight excluding hydrogens is 302 g/mol. The summed E-state index contributed by atoms with van der Waals surface area (Å²) in [7, 11) is 1.35. The van der Waals surface area contributed by atoms with Crippen LogP contribution in [0.15, 0.2) is 30.3 Å². The number of benzene rings is 1. The van der Waals surface area contributed by atoms with E-state index in [0.717, 1.165) is 5.56 Å². The smallest absolute Gasteiger partial charge is 0.321 e. The average Bonchev–Trinajstić information content (AvgIpc) is 2.52. The highest BCUT2D eigenvalue weighted by Gasteiger charge is 2.19. The average molecular weight is 321 g/mol. The Morgan fingerprint density at radius 2 is 1.78 bits per heavy atom. The summed E-state index contributed by atoms with van der Waals surface area (Å²) in [5.74, 6) is -1.70. The molecule has 0 spiro atoms. The Kier molecular flexibility index (Phi) is 7.25. The normalized spacial score (nSPS) is 11.0. The minimum Gasteiger partial charge on any atom is -0.455 e. The second-order valence-corrected chi connectivity index (χ2v) is 4.66. The lowest BCUT2D eigenvalue weighted by Crippen LogP contribution is -2.40. The molecule has 3 N–H and O–H groups in total. The molecule has 8 nitrogen and oxygen atoms in total. The number of urea groups is 1. The van der Waals surface area contributed by atoms with Gasteiger partial charge in [-0.25, -0.2) is 4.79 Å². The minimum atomic E-state index is -0.742. The summed E-state index contributed by atoms with van der Waals surface area (Å²) in [4.78, 5) is 45.3. The lowest BCUT2D eigenvalue weighted by molar-refractivity contribution is -0.148. The van der Waals surface area contributed by atoms with Crippen molar-refractivity contribution >= 4 is 23.8 Å². The van der Waals surface area contributed by atoms with E-state index in [1.165, 1.54) is 14.0 Å². The van der Waals surface area contributed by atoms with Gasteiger partial charge in [0.1, 0.15) is 0 Å². The van der Waals surface area contributed by atoms with Gasteiger partial charge in [0.25, 0.3) is 5.91 Å². The molecule has 0 radical (unpaired) electrons. The van der Waals surface area contributed by atoms with Crippen molar-refractivity contribution in [3.63, 3.8) is 0 Å². The number of imide groups is 1. The Labute approximate surface area is 133 Å². The van der Waals surface area contributed by atoms with E-state index in [2.05, 4.69) is 10.6 Å². The summed E-state index contributed by atoms with van der Waals surface area (Å²) < 4.78 is 4.80. The number of esters is 1. The van der Waals surface area contributed by atoms with Gasteiger partial charge >= 0.3 is 12.0 Å². The number of hydrogen-bond acceptors (Lipinski definition) is 5. The highest BCUT2D eigenvalue weighted by Crippen LogP contribution is 2.17. The van der Waals surface area contributed by atoms with E-state index in [0.29, 0.717) is 0 Å². The van der Waals surface area contributed by atoms with Gasteiger partial charge in [-0.2, -0.15) is 0 Å². The minimum absolute atomic E-state index is 0.128. The molecule has 0 fully saturated rings. The lowest BCUT2D eigenvalue weighted by atomic mass is 10.0. The van der Waals surface area contributed by atoms with Crippen molar-refractivity contribution < 1.29 is 23.9 Å². The van der Waals surface area contributed by atoms with E-state index >= 15 is 0 Å².